The zero-order valence-corrected chi connectivity index (χ0v) is 14.8. The lowest BCUT2D eigenvalue weighted by Gasteiger charge is -2.10. The van der Waals surface area contributed by atoms with Gasteiger partial charge in [0.2, 0.25) is 5.88 Å². The molecule has 0 atom stereocenters. The van der Waals surface area contributed by atoms with Crippen LogP contribution in [0.2, 0.25) is 0 Å². The number of aromatic nitrogens is 3. The summed E-state index contributed by atoms with van der Waals surface area (Å²) in [6, 6.07) is 1.66. The maximum atomic E-state index is 12.6. The largest absolute Gasteiger partial charge is 0.477 e. The van der Waals surface area contributed by atoms with E-state index in [0.29, 0.717) is 18.7 Å². The number of primary amides is 1. The predicted octanol–water partition coefficient (Wildman–Crippen LogP) is 1.72. The minimum atomic E-state index is -0.696. The number of nitrogens with one attached hydrogen (secondary N) is 2. The molecule has 2 rings (SSSR count). The SMILES string of the molecule is CCOc1ncc(I)cc1C(=O)Nc1c(CC)n[nH]c1C(N)=O. The number of carbonyl (C=O) groups excluding carboxylic acids is 2. The van der Waals surface area contributed by atoms with E-state index in [-0.39, 0.29) is 22.8 Å². The number of anilines is 1. The molecule has 0 fully saturated rings. The lowest BCUT2D eigenvalue weighted by atomic mass is 10.2. The summed E-state index contributed by atoms with van der Waals surface area (Å²) in [4.78, 5) is 28.1. The molecule has 122 valence electrons. The normalized spacial score (nSPS) is 10.4. The Balaban J connectivity index is 2.38. The van der Waals surface area contributed by atoms with Gasteiger partial charge >= 0.3 is 0 Å². The van der Waals surface area contributed by atoms with Gasteiger partial charge in [-0.3, -0.25) is 14.7 Å². The van der Waals surface area contributed by atoms with Gasteiger partial charge in [0.05, 0.1) is 18.0 Å². The molecule has 0 aliphatic carbocycles. The fraction of sp³-hybridized carbons (Fsp3) is 0.286. The molecule has 8 nitrogen and oxygen atoms in total. The van der Waals surface area contributed by atoms with Crippen LogP contribution >= 0.6 is 22.6 Å². The summed E-state index contributed by atoms with van der Waals surface area (Å²) in [5.41, 5.74) is 6.46. The molecule has 2 aromatic heterocycles. The highest BCUT2D eigenvalue weighted by atomic mass is 127. The molecule has 0 saturated carbocycles. The number of H-pyrrole nitrogens is 1. The third-order valence-corrected chi connectivity index (χ3v) is 3.59. The van der Waals surface area contributed by atoms with Crippen molar-refractivity contribution in [2.45, 2.75) is 20.3 Å². The molecule has 9 heteroatoms. The van der Waals surface area contributed by atoms with E-state index in [0.717, 1.165) is 3.57 Å². The van der Waals surface area contributed by atoms with Gasteiger partial charge in [0.1, 0.15) is 11.3 Å². The van der Waals surface area contributed by atoms with E-state index in [9.17, 15) is 9.59 Å². The van der Waals surface area contributed by atoms with Gasteiger partial charge in [-0.15, -0.1) is 0 Å². The molecular formula is C14H16IN5O3. The molecule has 2 amide bonds. The summed E-state index contributed by atoms with van der Waals surface area (Å²) in [6.07, 6.45) is 2.13. The maximum Gasteiger partial charge on any atom is 0.268 e. The van der Waals surface area contributed by atoms with Crippen molar-refractivity contribution in [3.63, 3.8) is 0 Å². The first-order valence-corrected chi connectivity index (χ1v) is 8.02. The van der Waals surface area contributed by atoms with Gasteiger partial charge in [-0.05, 0) is 42.0 Å². The van der Waals surface area contributed by atoms with Crippen molar-refractivity contribution < 1.29 is 14.3 Å². The second-order valence-corrected chi connectivity index (χ2v) is 5.78. The average molecular weight is 429 g/mol. The van der Waals surface area contributed by atoms with Gasteiger partial charge in [0, 0.05) is 9.77 Å². The minimum absolute atomic E-state index is 0.0618. The standard InChI is InChI=1S/C14H16IN5O3/c1-3-9-10(11(12(16)21)20-19-9)18-13(22)8-5-7(15)6-17-14(8)23-4-2/h5-6H,3-4H2,1-2H3,(H2,16,21)(H,18,22)(H,19,20). The first kappa shape index (κ1) is 17.2. The molecule has 0 bridgehead atoms. The van der Waals surface area contributed by atoms with Crippen LogP contribution in [0.1, 0.15) is 40.4 Å². The summed E-state index contributed by atoms with van der Waals surface area (Å²) in [5, 5.41) is 9.21. The Bertz CT molecular complexity index is 744. The van der Waals surface area contributed by atoms with E-state index in [2.05, 4.69) is 43.1 Å². The number of amides is 2. The Labute approximate surface area is 146 Å². The van der Waals surface area contributed by atoms with Crippen molar-refractivity contribution in [2.24, 2.45) is 5.73 Å². The van der Waals surface area contributed by atoms with Gasteiger partial charge in [-0.2, -0.15) is 5.10 Å². The van der Waals surface area contributed by atoms with Crippen molar-refractivity contribution in [1.29, 1.82) is 0 Å². The number of halogens is 1. The third kappa shape index (κ3) is 3.78. The number of nitrogens with zero attached hydrogens (tertiary/aromatic N) is 2. The van der Waals surface area contributed by atoms with Crippen LogP contribution in [-0.2, 0) is 6.42 Å². The van der Waals surface area contributed by atoms with Gasteiger partial charge in [-0.1, -0.05) is 6.92 Å². The Morgan fingerprint density at radius 3 is 2.78 bits per heavy atom. The topological polar surface area (TPSA) is 123 Å². The minimum Gasteiger partial charge on any atom is -0.477 e. The molecule has 0 unspecified atom stereocenters. The summed E-state index contributed by atoms with van der Waals surface area (Å²) in [7, 11) is 0. The van der Waals surface area contributed by atoms with Gasteiger partial charge in [0.25, 0.3) is 11.8 Å². The lowest BCUT2D eigenvalue weighted by Crippen LogP contribution is -2.19. The molecule has 0 aliphatic heterocycles. The molecule has 0 saturated heterocycles. The van der Waals surface area contributed by atoms with Crippen LogP contribution in [-0.4, -0.2) is 33.6 Å². The zero-order chi connectivity index (χ0) is 17.0. The summed E-state index contributed by atoms with van der Waals surface area (Å²) in [5.74, 6) is -0.913. The number of ether oxygens (including phenoxy) is 1. The molecule has 0 spiro atoms. The van der Waals surface area contributed by atoms with Crippen molar-refractivity contribution in [2.75, 3.05) is 11.9 Å². The lowest BCUT2D eigenvalue weighted by molar-refractivity contribution is 0.0996. The van der Waals surface area contributed by atoms with Gasteiger partial charge < -0.3 is 15.8 Å². The van der Waals surface area contributed by atoms with Crippen molar-refractivity contribution in [3.8, 4) is 5.88 Å². The van der Waals surface area contributed by atoms with Gasteiger partial charge in [-0.25, -0.2) is 4.98 Å². The number of rotatable bonds is 6. The smallest absolute Gasteiger partial charge is 0.268 e. The second kappa shape index (κ2) is 7.40. The molecule has 0 aliphatic rings. The highest BCUT2D eigenvalue weighted by molar-refractivity contribution is 14.1. The molecule has 4 N–H and O–H groups in total. The van der Waals surface area contributed by atoms with Crippen molar-refractivity contribution >= 4 is 40.1 Å². The van der Waals surface area contributed by atoms with E-state index in [1.54, 1.807) is 19.2 Å². The van der Waals surface area contributed by atoms with Crippen LogP contribution in [0.3, 0.4) is 0 Å². The summed E-state index contributed by atoms with van der Waals surface area (Å²) in [6.45, 7) is 4.04. The number of aromatic amines is 1. The average Bonchev–Trinajstić information content (AvgIpc) is 2.92. The van der Waals surface area contributed by atoms with Crippen LogP contribution in [0, 0.1) is 3.57 Å². The number of nitrogens with two attached hydrogens (primary N) is 1. The molecule has 2 heterocycles. The molecular weight excluding hydrogens is 413 g/mol. The third-order valence-electron chi connectivity index (χ3n) is 3.00. The molecule has 0 radical (unpaired) electrons. The fourth-order valence-electron chi connectivity index (χ4n) is 1.97. The second-order valence-electron chi connectivity index (χ2n) is 4.53. The quantitative estimate of drug-likeness (QED) is 0.604. The molecule has 23 heavy (non-hydrogen) atoms. The monoisotopic (exact) mass is 429 g/mol. The number of aryl methyl sites for hydroxylation is 1. The van der Waals surface area contributed by atoms with Crippen molar-refractivity contribution in [1.82, 2.24) is 15.2 Å². The Kier molecular flexibility index (Phi) is 5.53. The maximum absolute atomic E-state index is 12.6. The van der Waals surface area contributed by atoms with Crippen LogP contribution in [0.25, 0.3) is 0 Å². The van der Waals surface area contributed by atoms with Crippen LogP contribution in [0.5, 0.6) is 5.88 Å². The molecule has 0 aromatic carbocycles. The van der Waals surface area contributed by atoms with Crippen LogP contribution < -0.4 is 15.8 Å². The van der Waals surface area contributed by atoms with E-state index < -0.39 is 11.8 Å². The van der Waals surface area contributed by atoms with Crippen molar-refractivity contribution in [3.05, 3.63) is 32.8 Å². The fourth-order valence-corrected chi connectivity index (χ4v) is 2.42. The molecule has 2 aromatic rings. The highest BCUT2D eigenvalue weighted by Gasteiger charge is 2.21. The summed E-state index contributed by atoms with van der Waals surface area (Å²) < 4.78 is 6.16. The first-order valence-electron chi connectivity index (χ1n) is 6.94. The van der Waals surface area contributed by atoms with Crippen LogP contribution in [0.15, 0.2) is 12.3 Å². The number of hydrogen-bond acceptors (Lipinski definition) is 5. The Hall–Kier alpha value is -2.17. The number of hydrogen-bond donors (Lipinski definition) is 3. The predicted molar refractivity (Wildman–Crippen MR) is 92.6 cm³/mol. The van der Waals surface area contributed by atoms with Crippen LogP contribution in [0.4, 0.5) is 5.69 Å². The Morgan fingerprint density at radius 1 is 1.43 bits per heavy atom. The van der Waals surface area contributed by atoms with Gasteiger partial charge in [0.15, 0.2) is 0 Å². The van der Waals surface area contributed by atoms with E-state index >= 15 is 0 Å². The Morgan fingerprint density at radius 2 is 2.17 bits per heavy atom. The van der Waals surface area contributed by atoms with E-state index in [1.165, 1.54) is 0 Å². The van der Waals surface area contributed by atoms with E-state index in [4.69, 9.17) is 10.5 Å². The number of pyridine rings is 1. The zero-order valence-electron chi connectivity index (χ0n) is 12.6. The number of carbonyl (C=O) groups is 2. The summed E-state index contributed by atoms with van der Waals surface area (Å²) >= 11 is 2.05. The highest BCUT2D eigenvalue weighted by Crippen LogP contribution is 2.23. The van der Waals surface area contributed by atoms with E-state index in [1.807, 2.05) is 6.92 Å². The first-order chi connectivity index (χ1) is 11.0.